The third-order valence-electron chi connectivity index (χ3n) is 5.73. The monoisotopic (exact) mass is 583 g/mol. The van der Waals surface area contributed by atoms with Crippen LogP contribution >= 0.6 is 35.0 Å². The van der Waals surface area contributed by atoms with E-state index in [9.17, 15) is 18.0 Å². The zero-order valence-electron chi connectivity index (χ0n) is 20.5. The second kappa shape index (κ2) is 10.8. The summed E-state index contributed by atoms with van der Waals surface area (Å²) in [5, 5.41) is 3.17. The molecule has 3 atom stereocenters. The van der Waals surface area contributed by atoms with Gasteiger partial charge >= 0.3 is 6.09 Å². The number of hydrogen-bond donors (Lipinski definition) is 1. The van der Waals surface area contributed by atoms with E-state index in [-0.39, 0.29) is 28.2 Å². The van der Waals surface area contributed by atoms with E-state index in [0.29, 0.717) is 15.9 Å². The number of carbonyl (C=O) groups is 2. The maximum Gasteiger partial charge on any atom is 0.408 e. The van der Waals surface area contributed by atoms with E-state index in [1.807, 2.05) is 30.3 Å². The Morgan fingerprint density at radius 3 is 2.51 bits per heavy atom. The van der Waals surface area contributed by atoms with Crippen molar-refractivity contribution in [2.45, 2.75) is 50.1 Å². The SMILES string of the molecule is CC(C)(C)OC(=O)N[C@@H](Cc1ccccc1)C(=O)N=C1S[C@H]2CS(=O)(=O)C[C@H]2N1c1cccc(Cl)c1Cl. The standard InChI is InChI=1S/C25H27Cl2N3O5S2/c1-25(2,3)35-24(32)28-17(12-15-8-5-4-6-9-15)22(31)29-23-30(18-11-7-10-16(26)21(18)27)19-13-37(33,34)14-20(19)36-23/h4-11,17,19-20H,12-14H2,1-3H3,(H,28,32)/t17-,19+,20-/m0/s1. The Morgan fingerprint density at radius 1 is 1.14 bits per heavy atom. The number of halogens is 2. The van der Waals surface area contributed by atoms with Crippen LogP contribution in [0.15, 0.2) is 53.5 Å². The molecule has 4 rings (SSSR count). The van der Waals surface area contributed by atoms with Gasteiger partial charge in [-0.1, -0.05) is 71.4 Å². The maximum atomic E-state index is 13.5. The summed E-state index contributed by atoms with van der Waals surface area (Å²) in [7, 11) is -3.26. The molecule has 2 aromatic rings. The first-order chi connectivity index (χ1) is 17.3. The van der Waals surface area contributed by atoms with Crippen molar-refractivity contribution in [3.8, 4) is 0 Å². The van der Waals surface area contributed by atoms with Gasteiger partial charge in [-0.15, -0.1) is 0 Å². The maximum absolute atomic E-state index is 13.5. The number of hydrogen-bond acceptors (Lipinski definition) is 6. The molecule has 2 amide bonds. The summed E-state index contributed by atoms with van der Waals surface area (Å²) < 4.78 is 30.1. The van der Waals surface area contributed by atoms with Gasteiger partial charge in [0.1, 0.15) is 11.6 Å². The fraction of sp³-hybridized carbons (Fsp3) is 0.400. The molecule has 1 N–H and O–H groups in total. The van der Waals surface area contributed by atoms with Gasteiger partial charge in [0.2, 0.25) is 0 Å². The van der Waals surface area contributed by atoms with Crippen LogP contribution in [0.2, 0.25) is 10.0 Å². The number of benzene rings is 2. The summed E-state index contributed by atoms with van der Waals surface area (Å²) >= 11 is 13.9. The minimum absolute atomic E-state index is 0.0339. The molecule has 2 aliphatic heterocycles. The number of sulfone groups is 1. The molecule has 37 heavy (non-hydrogen) atoms. The number of carbonyl (C=O) groups excluding carboxylic acids is 2. The molecule has 0 aliphatic carbocycles. The summed E-state index contributed by atoms with van der Waals surface area (Å²) in [6.45, 7) is 5.19. The van der Waals surface area contributed by atoms with Gasteiger partial charge in [0.25, 0.3) is 5.91 Å². The van der Waals surface area contributed by atoms with Crippen molar-refractivity contribution in [2.75, 3.05) is 16.4 Å². The van der Waals surface area contributed by atoms with Crippen molar-refractivity contribution >= 4 is 67.7 Å². The summed E-state index contributed by atoms with van der Waals surface area (Å²) in [5.74, 6) is -0.721. The molecule has 0 aromatic heterocycles. The number of amides is 2. The predicted octanol–water partition coefficient (Wildman–Crippen LogP) is 4.73. The first-order valence-corrected chi connectivity index (χ1v) is 15.0. The van der Waals surface area contributed by atoms with Gasteiger partial charge in [-0.05, 0) is 38.5 Å². The largest absolute Gasteiger partial charge is 0.444 e. The van der Waals surface area contributed by atoms with Gasteiger partial charge < -0.3 is 15.0 Å². The van der Waals surface area contributed by atoms with Crippen molar-refractivity contribution in [3.05, 3.63) is 64.1 Å². The van der Waals surface area contributed by atoms with Crippen LogP contribution in [0, 0.1) is 0 Å². The molecule has 2 fully saturated rings. The van der Waals surface area contributed by atoms with E-state index in [2.05, 4.69) is 10.3 Å². The second-order valence-corrected chi connectivity index (χ2v) is 14.0. The van der Waals surface area contributed by atoms with Gasteiger partial charge in [0.05, 0.1) is 33.3 Å². The van der Waals surface area contributed by atoms with Crippen molar-refractivity contribution in [1.29, 1.82) is 0 Å². The molecule has 12 heteroatoms. The summed E-state index contributed by atoms with van der Waals surface area (Å²) in [6.07, 6.45) is -0.543. The number of ether oxygens (including phenoxy) is 1. The van der Waals surface area contributed by atoms with E-state index in [4.69, 9.17) is 27.9 Å². The summed E-state index contributed by atoms with van der Waals surface area (Å²) in [5.41, 5.74) is 0.548. The lowest BCUT2D eigenvalue weighted by molar-refractivity contribution is -0.119. The minimum atomic E-state index is -3.26. The van der Waals surface area contributed by atoms with E-state index in [0.717, 1.165) is 5.56 Å². The highest BCUT2D eigenvalue weighted by Gasteiger charge is 2.50. The number of anilines is 1. The lowest BCUT2D eigenvalue weighted by Gasteiger charge is -2.26. The molecule has 0 spiro atoms. The van der Waals surface area contributed by atoms with Crippen molar-refractivity contribution in [3.63, 3.8) is 0 Å². The Morgan fingerprint density at radius 2 is 1.84 bits per heavy atom. The van der Waals surface area contributed by atoms with Gasteiger partial charge in [-0.25, -0.2) is 13.2 Å². The Labute approximate surface area is 230 Å². The number of amidine groups is 1. The van der Waals surface area contributed by atoms with Gasteiger partial charge in [0.15, 0.2) is 15.0 Å². The zero-order chi connectivity index (χ0) is 27.0. The van der Waals surface area contributed by atoms with E-state index < -0.39 is 39.5 Å². The van der Waals surface area contributed by atoms with E-state index in [1.165, 1.54) is 11.8 Å². The van der Waals surface area contributed by atoms with Crippen LogP contribution in [0.4, 0.5) is 10.5 Å². The number of thioether (sulfide) groups is 1. The average Bonchev–Trinajstić information content (AvgIpc) is 3.25. The first-order valence-electron chi connectivity index (χ1n) is 11.6. The van der Waals surface area contributed by atoms with Crippen LogP contribution in [0.1, 0.15) is 26.3 Å². The van der Waals surface area contributed by atoms with E-state index in [1.54, 1.807) is 43.9 Å². The van der Waals surface area contributed by atoms with Crippen molar-refractivity contribution < 1.29 is 22.7 Å². The Hall–Kier alpha value is -2.27. The Balaban J connectivity index is 1.68. The van der Waals surface area contributed by atoms with Crippen LogP contribution < -0.4 is 10.2 Å². The molecule has 0 bridgehead atoms. The fourth-order valence-corrected chi connectivity index (χ4v) is 8.50. The highest BCUT2D eigenvalue weighted by atomic mass is 35.5. The molecule has 2 aromatic carbocycles. The smallest absolute Gasteiger partial charge is 0.408 e. The minimum Gasteiger partial charge on any atom is -0.444 e. The third-order valence-corrected chi connectivity index (χ3v) is 9.75. The topological polar surface area (TPSA) is 105 Å². The third kappa shape index (κ3) is 6.79. The Kier molecular flexibility index (Phi) is 8.13. The lowest BCUT2D eigenvalue weighted by Crippen LogP contribution is -2.45. The normalized spacial score (nSPS) is 22.5. The second-order valence-electron chi connectivity index (χ2n) is 9.86. The van der Waals surface area contributed by atoms with Crippen LogP contribution in [-0.2, 0) is 25.8 Å². The van der Waals surface area contributed by atoms with Crippen molar-refractivity contribution in [2.24, 2.45) is 4.99 Å². The molecule has 198 valence electrons. The van der Waals surface area contributed by atoms with Gasteiger partial charge in [0, 0.05) is 11.7 Å². The number of alkyl carbamates (subject to hydrolysis) is 1. The van der Waals surface area contributed by atoms with Crippen LogP contribution in [0.25, 0.3) is 0 Å². The van der Waals surface area contributed by atoms with Crippen LogP contribution in [-0.4, -0.2) is 60.0 Å². The molecule has 8 nitrogen and oxygen atoms in total. The lowest BCUT2D eigenvalue weighted by atomic mass is 10.1. The highest BCUT2D eigenvalue weighted by Crippen LogP contribution is 2.44. The van der Waals surface area contributed by atoms with Crippen molar-refractivity contribution in [1.82, 2.24) is 5.32 Å². The number of rotatable bonds is 5. The molecule has 2 heterocycles. The van der Waals surface area contributed by atoms with Gasteiger partial charge in [-0.2, -0.15) is 4.99 Å². The van der Waals surface area contributed by atoms with E-state index >= 15 is 0 Å². The quantitative estimate of drug-likeness (QED) is 0.542. The number of nitrogens with zero attached hydrogens (tertiary/aromatic N) is 2. The average molecular weight is 585 g/mol. The first kappa shape index (κ1) is 27.8. The molecule has 0 unspecified atom stereocenters. The highest BCUT2D eigenvalue weighted by molar-refractivity contribution is 8.16. The molecule has 0 saturated carbocycles. The number of aliphatic imine (C=N–C) groups is 1. The Bertz CT molecular complexity index is 1330. The molecular formula is C25H27Cl2N3O5S2. The summed E-state index contributed by atoms with van der Waals surface area (Å²) in [6, 6.07) is 12.8. The summed E-state index contributed by atoms with van der Waals surface area (Å²) in [4.78, 5) is 32.1. The van der Waals surface area contributed by atoms with Gasteiger partial charge in [-0.3, -0.25) is 4.79 Å². The number of nitrogens with one attached hydrogen (secondary N) is 1. The molecule has 0 radical (unpaired) electrons. The van der Waals surface area contributed by atoms with Crippen LogP contribution in [0.5, 0.6) is 0 Å². The molecular weight excluding hydrogens is 557 g/mol. The predicted molar refractivity (Wildman–Crippen MR) is 149 cm³/mol. The molecule has 2 saturated heterocycles. The van der Waals surface area contributed by atoms with Crippen LogP contribution in [0.3, 0.4) is 0 Å². The molecule has 2 aliphatic rings. The number of fused-ring (bicyclic) bond motifs is 1. The fourth-order valence-electron chi connectivity index (χ4n) is 4.20. The zero-order valence-corrected chi connectivity index (χ0v) is 23.6.